The van der Waals surface area contributed by atoms with Crippen LogP contribution in [0.5, 0.6) is 5.75 Å². The highest BCUT2D eigenvalue weighted by Crippen LogP contribution is 2.42. The van der Waals surface area contributed by atoms with Crippen molar-refractivity contribution < 1.29 is 4.74 Å². The normalized spacial score (nSPS) is 21.9. The lowest BCUT2D eigenvalue weighted by molar-refractivity contribution is 0.237. The van der Waals surface area contributed by atoms with Crippen LogP contribution in [0.25, 0.3) is 11.1 Å². The largest absolute Gasteiger partial charge is 0.497 e. The summed E-state index contributed by atoms with van der Waals surface area (Å²) in [5.74, 6) is 2.41. The van der Waals surface area contributed by atoms with Crippen molar-refractivity contribution in [1.29, 1.82) is 5.41 Å². The molecular formula is C32H37N3OS2. The molecule has 38 heavy (non-hydrogen) atoms. The van der Waals surface area contributed by atoms with Crippen LogP contribution in [0.15, 0.2) is 70.5 Å². The molecule has 6 rings (SSSR count). The summed E-state index contributed by atoms with van der Waals surface area (Å²) in [6, 6.07) is 21.9. The molecule has 3 aromatic carbocycles. The number of nitrogens with one attached hydrogen (secondary N) is 1. The van der Waals surface area contributed by atoms with E-state index in [1.54, 1.807) is 7.11 Å². The first-order valence-electron chi connectivity index (χ1n) is 13.8. The second-order valence-electron chi connectivity index (χ2n) is 11.2. The van der Waals surface area contributed by atoms with Crippen molar-refractivity contribution in [1.82, 2.24) is 4.31 Å². The van der Waals surface area contributed by atoms with Gasteiger partial charge in [-0.15, -0.1) is 11.8 Å². The van der Waals surface area contributed by atoms with Crippen molar-refractivity contribution in [3.8, 4) is 16.9 Å². The standard InChI is InChI=1S/C32H37N3OS2/c1-21-15-22(2)20-35(19-21)38-27-8-10-29-28-9-7-26(17-30(28)32(33)31(29)18-27)37-25-11-13-34(14-12-25)23-5-4-6-24(16-23)36-3/h4-10,16-18,21-22,25,33H,11-15,19-20H2,1-3H3/t21-,22+. The van der Waals surface area contributed by atoms with Crippen LogP contribution in [-0.4, -0.2) is 48.6 Å². The molecule has 0 radical (unpaired) electrons. The van der Waals surface area contributed by atoms with E-state index < -0.39 is 0 Å². The number of rotatable bonds is 6. The van der Waals surface area contributed by atoms with Crippen molar-refractivity contribution in [3.05, 3.63) is 71.8 Å². The highest BCUT2D eigenvalue weighted by atomic mass is 32.2. The molecule has 4 nitrogen and oxygen atoms in total. The van der Waals surface area contributed by atoms with Crippen molar-refractivity contribution >= 4 is 35.1 Å². The van der Waals surface area contributed by atoms with Gasteiger partial charge in [0.05, 0.1) is 12.8 Å². The zero-order valence-corrected chi connectivity index (χ0v) is 24.2. The van der Waals surface area contributed by atoms with Gasteiger partial charge in [-0.25, -0.2) is 4.31 Å². The topological polar surface area (TPSA) is 39.6 Å². The van der Waals surface area contributed by atoms with E-state index in [0.717, 1.165) is 67.7 Å². The zero-order valence-electron chi connectivity index (χ0n) is 22.6. The fourth-order valence-electron chi connectivity index (χ4n) is 6.27. The summed E-state index contributed by atoms with van der Waals surface area (Å²) in [6.45, 7) is 9.12. The number of methoxy groups -OCH3 is 1. The molecule has 6 heteroatoms. The SMILES string of the molecule is COc1cccc(N2CCC(Sc3ccc4c(c3)C(=N)c3cc(SN5C[C@H](C)C[C@H](C)C5)ccc3-4)CC2)c1. The van der Waals surface area contributed by atoms with E-state index in [9.17, 15) is 0 Å². The number of thioether (sulfide) groups is 1. The monoisotopic (exact) mass is 543 g/mol. The predicted molar refractivity (Wildman–Crippen MR) is 162 cm³/mol. The van der Waals surface area contributed by atoms with Crippen LogP contribution in [0.2, 0.25) is 0 Å². The summed E-state index contributed by atoms with van der Waals surface area (Å²) in [5.41, 5.74) is 6.50. The number of ether oxygens (including phenoxy) is 1. The minimum atomic E-state index is 0.602. The molecule has 0 unspecified atom stereocenters. The molecule has 2 saturated heterocycles. The molecule has 2 heterocycles. The smallest absolute Gasteiger partial charge is 0.120 e. The quantitative estimate of drug-likeness (QED) is 0.251. The highest BCUT2D eigenvalue weighted by molar-refractivity contribution is 8.00. The summed E-state index contributed by atoms with van der Waals surface area (Å²) in [5, 5.41) is 9.62. The molecule has 0 amide bonds. The summed E-state index contributed by atoms with van der Waals surface area (Å²) in [6.07, 6.45) is 3.64. The van der Waals surface area contributed by atoms with Crippen molar-refractivity contribution in [2.75, 3.05) is 38.2 Å². The zero-order chi connectivity index (χ0) is 26.2. The maximum absolute atomic E-state index is 9.01. The summed E-state index contributed by atoms with van der Waals surface area (Å²) >= 11 is 3.85. The van der Waals surface area contributed by atoms with Crippen LogP contribution in [0.4, 0.5) is 5.69 Å². The van der Waals surface area contributed by atoms with E-state index in [4.69, 9.17) is 10.1 Å². The van der Waals surface area contributed by atoms with Gasteiger partial charge in [-0.1, -0.05) is 32.0 Å². The summed E-state index contributed by atoms with van der Waals surface area (Å²) in [7, 11) is 1.73. The molecule has 0 saturated carbocycles. The van der Waals surface area contributed by atoms with Crippen LogP contribution < -0.4 is 9.64 Å². The molecule has 2 aliphatic heterocycles. The fourth-order valence-corrected chi connectivity index (χ4v) is 8.69. The van der Waals surface area contributed by atoms with Crippen molar-refractivity contribution in [3.63, 3.8) is 0 Å². The lowest BCUT2D eigenvalue weighted by atomic mass is 9.94. The first kappa shape index (κ1) is 25.8. The van der Waals surface area contributed by atoms with Gasteiger partial charge < -0.3 is 9.64 Å². The number of piperidine rings is 2. The molecule has 3 aliphatic rings. The van der Waals surface area contributed by atoms with Gasteiger partial charge in [-0.05, 0) is 90.6 Å². The molecule has 0 bridgehead atoms. The Morgan fingerprint density at radius 3 is 2.16 bits per heavy atom. The first-order chi connectivity index (χ1) is 18.5. The van der Waals surface area contributed by atoms with Gasteiger partial charge in [-0.3, -0.25) is 5.41 Å². The Hall–Kier alpha value is -2.41. The van der Waals surface area contributed by atoms with Crippen LogP contribution in [-0.2, 0) is 0 Å². The Morgan fingerprint density at radius 1 is 0.816 bits per heavy atom. The van der Waals surface area contributed by atoms with Crippen molar-refractivity contribution in [2.45, 2.75) is 48.2 Å². The summed E-state index contributed by atoms with van der Waals surface area (Å²) in [4.78, 5) is 5.00. The third-order valence-corrected chi connectivity index (χ3v) is 10.4. The van der Waals surface area contributed by atoms with Gasteiger partial charge in [0.1, 0.15) is 5.75 Å². The number of benzene rings is 3. The van der Waals surface area contributed by atoms with Gasteiger partial charge in [0.2, 0.25) is 0 Å². The maximum Gasteiger partial charge on any atom is 0.120 e. The van der Waals surface area contributed by atoms with E-state index in [-0.39, 0.29) is 0 Å². The van der Waals surface area contributed by atoms with Crippen LogP contribution in [0, 0.1) is 17.2 Å². The third-order valence-electron chi connectivity index (χ3n) is 8.04. The number of fused-ring (bicyclic) bond motifs is 3. The van der Waals surface area contributed by atoms with Gasteiger partial charge in [0.15, 0.2) is 0 Å². The van der Waals surface area contributed by atoms with E-state index in [2.05, 4.69) is 77.6 Å². The van der Waals surface area contributed by atoms with Crippen LogP contribution >= 0.6 is 23.7 Å². The molecular weight excluding hydrogens is 507 g/mol. The molecule has 0 spiro atoms. The molecule has 2 atom stereocenters. The third kappa shape index (κ3) is 5.36. The van der Waals surface area contributed by atoms with E-state index in [0.29, 0.717) is 11.0 Å². The number of hydrogen-bond donors (Lipinski definition) is 1. The highest BCUT2D eigenvalue weighted by Gasteiger charge is 2.27. The molecule has 2 fully saturated rings. The second-order valence-corrected chi connectivity index (χ2v) is 13.7. The Kier molecular flexibility index (Phi) is 7.48. The van der Waals surface area contributed by atoms with Gasteiger partial charge in [0.25, 0.3) is 0 Å². The Balaban J connectivity index is 1.11. The minimum absolute atomic E-state index is 0.602. The van der Waals surface area contributed by atoms with Gasteiger partial charge >= 0.3 is 0 Å². The molecule has 1 N–H and O–H groups in total. The van der Waals surface area contributed by atoms with E-state index >= 15 is 0 Å². The van der Waals surface area contributed by atoms with E-state index in [1.807, 2.05) is 29.8 Å². The lowest BCUT2D eigenvalue weighted by Crippen LogP contribution is -2.34. The molecule has 0 aromatic heterocycles. The predicted octanol–water partition coefficient (Wildman–Crippen LogP) is 7.84. The van der Waals surface area contributed by atoms with Gasteiger partial charge in [0, 0.05) is 64.1 Å². The average molecular weight is 544 g/mol. The molecule has 3 aromatic rings. The fraction of sp³-hybridized carbons (Fsp3) is 0.406. The van der Waals surface area contributed by atoms with Crippen molar-refractivity contribution in [2.24, 2.45) is 11.8 Å². The first-order valence-corrected chi connectivity index (χ1v) is 15.5. The minimum Gasteiger partial charge on any atom is -0.497 e. The average Bonchev–Trinajstić information content (AvgIpc) is 3.19. The van der Waals surface area contributed by atoms with E-state index in [1.165, 1.54) is 33.0 Å². The van der Waals surface area contributed by atoms with Gasteiger partial charge in [-0.2, -0.15) is 0 Å². The summed E-state index contributed by atoms with van der Waals surface area (Å²) < 4.78 is 7.93. The number of anilines is 1. The Morgan fingerprint density at radius 2 is 1.47 bits per heavy atom. The Labute approximate surface area is 235 Å². The Bertz CT molecular complexity index is 1320. The second kappa shape index (κ2) is 11.0. The maximum atomic E-state index is 9.01. The van der Waals surface area contributed by atoms with Crippen LogP contribution in [0.3, 0.4) is 0 Å². The number of nitrogens with zero attached hydrogens (tertiary/aromatic N) is 2. The van der Waals surface area contributed by atoms with Crippen LogP contribution in [0.1, 0.15) is 44.2 Å². The number of hydrogen-bond acceptors (Lipinski definition) is 6. The molecule has 1 aliphatic carbocycles. The molecule has 198 valence electrons. The lowest BCUT2D eigenvalue weighted by Gasteiger charge is -2.33.